The maximum atomic E-state index is 9.10. The van der Waals surface area contributed by atoms with E-state index in [1.165, 1.54) is 0 Å². The molecule has 0 radical (unpaired) electrons. The molecular formula is C20H45AsO10. The Morgan fingerprint density at radius 3 is 0.677 bits per heavy atom. The van der Waals surface area contributed by atoms with E-state index in [1.807, 2.05) is 0 Å². The van der Waals surface area contributed by atoms with E-state index in [1.54, 1.807) is 0 Å². The van der Waals surface area contributed by atoms with Gasteiger partial charge in [0.05, 0.1) is 0 Å². The minimum atomic E-state index is -5.20. The zero-order valence-electron chi connectivity index (χ0n) is 18.9. The molecule has 0 rings (SSSR count). The van der Waals surface area contributed by atoms with Crippen LogP contribution in [0.4, 0.5) is 0 Å². The molecule has 0 atom stereocenters. The fourth-order valence-electron chi connectivity index (χ4n) is 2.51. The van der Waals surface area contributed by atoms with E-state index in [-0.39, 0.29) is 66.1 Å². The van der Waals surface area contributed by atoms with Crippen LogP contribution >= 0.6 is 0 Å². The predicted molar refractivity (Wildman–Crippen MR) is 117 cm³/mol. The average Bonchev–Trinajstić information content (AvgIpc) is 2.78. The van der Waals surface area contributed by atoms with Crippen LogP contribution in [-0.4, -0.2) is 106 Å². The van der Waals surface area contributed by atoms with Crippen molar-refractivity contribution in [3.05, 3.63) is 0 Å². The molecule has 0 saturated heterocycles. The molecular weight excluding hydrogens is 475 g/mol. The van der Waals surface area contributed by atoms with Crippen molar-refractivity contribution in [2.24, 2.45) is 0 Å². The van der Waals surface area contributed by atoms with Gasteiger partial charge in [-0.1, -0.05) is 0 Å². The SMILES string of the molecule is OCCCCO[As](OCCCCO)(OCCCCO)(OCCCCO)OCCCCO. The summed E-state index contributed by atoms with van der Waals surface area (Å²) >= 11 is -5.20. The minimum absolute atomic E-state index is 0.0359. The molecule has 190 valence electrons. The number of unbranched alkanes of at least 4 members (excludes halogenated alkanes) is 5. The zero-order chi connectivity index (χ0) is 23.1. The molecule has 11 heteroatoms. The average molecular weight is 520 g/mol. The van der Waals surface area contributed by atoms with Crippen molar-refractivity contribution >= 4 is 14.2 Å². The van der Waals surface area contributed by atoms with Crippen molar-refractivity contribution in [1.82, 2.24) is 0 Å². The molecule has 0 saturated carbocycles. The summed E-state index contributed by atoms with van der Waals surface area (Å²) in [5.74, 6) is 0. The van der Waals surface area contributed by atoms with Crippen LogP contribution in [0, 0.1) is 0 Å². The second kappa shape index (κ2) is 20.7. The Balaban J connectivity index is 5.60. The first-order valence-electron chi connectivity index (χ1n) is 11.4. The van der Waals surface area contributed by atoms with Crippen LogP contribution in [-0.2, 0) is 18.6 Å². The topological polar surface area (TPSA) is 147 Å². The summed E-state index contributed by atoms with van der Waals surface area (Å²) in [6.45, 7) is 1.25. The third-order valence-electron chi connectivity index (χ3n) is 4.27. The Morgan fingerprint density at radius 2 is 0.516 bits per heavy atom. The van der Waals surface area contributed by atoms with Crippen molar-refractivity contribution in [2.75, 3.05) is 66.1 Å². The number of aliphatic hydroxyl groups is 5. The third kappa shape index (κ3) is 14.8. The fraction of sp³-hybridized carbons (Fsp3) is 1.00. The summed E-state index contributed by atoms with van der Waals surface area (Å²) in [5, 5.41) is 45.5. The molecule has 0 fully saturated rings. The van der Waals surface area contributed by atoms with Crippen molar-refractivity contribution in [3.63, 3.8) is 0 Å². The van der Waals surface area contributed by atoms with Crippen LogP contribution in [0.3, 0.4) is 0 Å². The molecule has 0 spiro atoms. The number of hydrogen-bond acceptors (Lipinski definition) is 10. The Hall–Kier alpha value is 0.158. The summed E-state index contributed by atoms with van der Waals surface area (Å²) < 4.78 is 30.8. The molecule has 0 aliphatic rings. The van der Waals surface area contributed by atoms with E-state index in [9.17, 15) is 0 Å². The first-order valence-corrected chi connectivity index (χ1v) is 15.3. The number of hydrogen-bond donors (Lipinski definition) is 5. The van der Waals surface area contributed by atoms with Crippen LogP contribution in [0.5, 0.6) is 0 Å². The molecule has 0 aliphatic heterocycles. The van der Waals surface area contributed by atoms with Crippen molar-refractivity contribution in [1.29, 1.82) is 0 Å². The fourth-order valence-corrected chi connectivity index (χ4v) is 8.56. The van der Waals surface area contributed by atoms with Crippen LogP contribution in [0.25, 0.3) is 0 Å². The zero-order valence-corrected chi connectivity index (χ0v) is 20.7. The summed E-state index contributed by atoms with van der Waals surface area (Å²) in [4.78, 5) is 0. The van der Waals surface area contributed by atoms with Gasteiger partial charge in [0, 0.05) is 0 Å². The van der Waals surface area contributed by atoms with E-state index < -0.39 is 14.2 Å². The molecule has 5 N–H and O–H groups in total. The van der Waals surface area contributed by atoms with Gasteiger partial charge in [-0.2, -0.15) is 0 Å². The first kappa shape index (κ1) is 31.2. The number of rotatable bonds is 25. The van der Waals surface area contributed by atoms with Crippen LogP contribution in [0.2, 0.25) is 0 Å². The van der Waals surface area contributed by atoms with Gasteiger partial charge in [-0.15, -0.1) is 0 Å². The molecule has 0 unspecified atom stereocenters. The molecule has 0 aromatic heterocycles. The van der Waals surface area contributed by atoms with Crippen LogP contribution in [0.15, 0.2) is 0 Å². The normalized spacial score (nSPS) is 13.4. The van der Waals surface area contributed by atoms with Gasteiger partial charge in [0.1, 0.15) is 0 Å². The molecule has 0 aliphatic carbocycles. The van der Waals surface area contributed by atoms with Gasteiger partial charge >= 0.3 is 189 Å². The van der Waals surface area contributed by atoms with Crippen molar-refractivity contribution < 1.29 is 44.2 Å². The molecule has 31 heavy (non-hydrogen) atoms. The molecule has 0 bridgehead atoms. The summed E-state index contributed by atoms with van der Waals surface area (Å²) in [5.41, 5.74) is 0. The quantitative estimate of drug-likeness (QED) is 0.0866. The Bertz CT molecular complexity index is 302. The summed E-state index contributed by atoms with van der Waals surface area (Å²) in [6, 6.07) is 0. The molecule has 10 nitrogen and oxygen atoms in total. The standard InChI is InChI=1S/C20H45AsO10/c22-11-1-6-16-27-21(28-17-7-2-12-23,29-18-8-3-13-24,30-19-9-4-14-25)31-20-10-5-15-26/h22-26H,1-20H2. The van der Waals surface area contributed by atoms with Gasteiger partial charge in [-0.25, -0.2) is 0 Å². The third-order valence-corrected chi connectivity index (χ3v) is 10.6. The second-order valence-electron chi connectivity index (χ2n) is 7.07. The van der Waals surface area contributed by atoms with Gasteiger partial charge in [-0.05, 0) is 0 Å². The predicted octanol–water partition coefficient (Wildman–Crippen LogP) is 0.818. The second-order valence-corrected chi connectivity index (χ2v) is 12.9. The molecule has 0 aromatic carbocycles. The van der Waals surface area contributed by atoms with Gasteiger partial charge < -0.3 is 0 Å². The van der Waals surface area contributed by atoms with Crippen molar-refractivity contribution in [3.8, 4) is 0 Å². The van der Waals surface area contributed by atoms with Gasteiger partial charge in [-0.3, -0.25) is 0 Å². The summed E-state index contributed by atoms with van der Waals surface area (Å²) in [7, 11) is 0. The van der Waals surface area contributed by atoms with Crippen molar-refractivity contribution in [2.45, 2.75) is 64.2 Å². The Morgan fingerprint density at radius 1 is 0.323 bits per heavy atom. The summed E-state index contributed by atoms with van der Waals surface area (Å²) in [6.07, 6.45) is 5.54. The monoisotopic (exact) mass is 520 g/mol. The maximum absolute atomic E-state index is 9.10. The Kier molecular flexibility index (Phi) is 20.8. The first-order chi connectivity index (χ1) is 15.1. The van der Waals surface area contributed by atoms with Crippen LogP contribution in [0.1, 0.15) is 64.2 Å². The van der Waals surface area contributed by atoms with E-state index in [0.29, 0.717) is 64.2 Å². The van der Waals surface area contributed by atoms with E-state index in [2.05, 4.69) is 0 Å². The van der Waals surface area contributed by atoms with E-state index >= 15 is 0 Å². The molecule has 0 heterocycles. The molecule has 0 amide bonds. The Labute approximate surface area is 188 Å². The number of aliphatic hydroxyl groups excluding tert-OH is 5. The molecule has 0 aromatic rings. The van der Waals surface area contributed by atoms with E-state index in [0.717, 1.165) is 0 Å². The van der Waals surface area contributed by atoms with Crippen LogP contribution < -0.4 is 0 Å². The van der Waals surface area contributed by atoms with Gasteiger partial charge in [0.25, 0.3) is 0 Å². The van der Waals surface area contributed by atoms with E-state index in [4.69, 9.17) is 44.2 Å². The van der Waals surface area contributed by atoms with Gasteiger partial charge in [0.15, 0.2) is 0 Å². The van der Waals surface area contributed by atoms with Gasteiger partial charge in [0.2, 0.25) is 0 Å².